The standard InChI is InChI=1S/C43H51FN8O4/c1-27-35-26-46-42(49-39(35)52(32-8-3-4-9-32)41(56)38(27)28(2)53)47-36-12-10-33(25-45-36)50-20-15-31(16-21-50)51-22-18-43(44,19-23-51)17-14-29-6-5-7-30(24-29)34-11-13-37(54)48-40(34)55/h5-7,10,12,24-26,31-32,34H,3-4,8-9,11,13-23H2,1-2H3,(H,48,54,55)(H,45,46,47,49). The van der Waals surface area contributed by atoms with E-state index in [1.165, 1.54) is 6.92 Å². The highest BCUT2D eigenvalue weighted by atomic mass is 19.1. The molecule has 0 spiro atoms. The van der Waals surface area contributed by atoms with Crippen LogP contribution in [0.3, 0.4) is 0 Å². The van der Waals surface area contributed by atoms with Gasteiger partial charge in [-0.15, -0.1) is 0 Å². The van der Waals surface area contributed by atoms with Crippen LogP contribution >= 0.6 is 0 Å². The van der Waals surface area contributed by atoms with Gasteiger partial charge in [-0.3, -0.25) is 29.1 Å². The number of amides is 2. The summed E-state index contributed by atoms with van der Waals surface area (Å²) in [4.78, 5) is 68.8. The van der Waals surface area contributed by atoms with Gasteiger partial charge in [-0.1, -0.05) is 37.1 Å². The van der Waals surface area contributed by atoms with Gasteiger partial charge in [0.1, 0.15) is 17.1 Å². The predicted molar refractivity (Wildman–Crippen MR) is 213 cm³/mol. The van der Waals surface area contributed by atoms with Gasteiger partial charge in [0.2, 0.25) is 17.8 Å². The lowest BCUT2D eigenvalue weighted by atomic mass is 9.85. The van der Waals surface area contributed by atoms with Gasteiger partial charge in [-0.2, -0.15) is 4.98 Å². The maximum atomic E-state index is 16.1. The molecule has 56 heavy (non-hydrogen) atoms. The van der Waals surface area contributed by atoms with Crippen molar-refractivity contribution in [3.05, 3.63) is 81.4 Å². The van der Waals surface area contributed by atoms with Gasteiger partial charge in [0.15, 0.2) is 5.78 Å². The Labute approximate surface area is 326 Å². The third-order valence-electron chi connectivity index (χ3n) is 12.7. The maximum Gasteiger partial charge on any atom is 0.263 e. The Morgan fingerprint density at radius 3 is 2.41 bits per heavy atom. The number of anilines is 3. The highest BCUT2D eigenvalue weighted by Crippen LogP contribution is 2.35. The van der Waals surface area contributed by atoms with Crippen LogP contribution in [-0.2, 0) is 16.0 Å². The normalized spacial score (nSPS) is 21.1. The summed E-state index contributed by atoms with van der Waals surface area (Å²) >= 11 is 0. The van der Waals surface area contributed by atoms with Gasteiger partial charge in [0, 0.05) is 56.3 Å². The number of nitrogens with zero attached hydrogens (tertiary/aromatic N) is 6. The number of rotatable bonds is 10. The average molecular weight is 763 g/mol. The van der Waals surface area contributed by atoms with Crippen molar-refractivity contribution in [3.8, 4) is 0 Å². The molecule has 0 bridgehead atoms. The number of likely N-dealkylation sites (tertiary alicyclic amines) is 1. The van der Waals surface area contributed by atoms with Crippen LogP contribution < -0.4 is 21.1 Å². The van der Waals surface area contributed by atoms with Crippen molar-refractivity contribution in [2.75, 3.05) is 36.4 Å². The number of benzene rings is 1. The topological polar surface area (TPSA) is 142 Å². The first-order valence-corrected chi connectivity index (χ1v) is 20.3. The molecule has 1 unspecified atom stereocenters. The second-order valence-electron chi connectivity index (χ2n) is 16.3. The number of pyridine rings is 2. The molecule has 294 valence electrons. The van der Waals surface area contributed by atoms with Crippen molar-refractivity contribution >= 4 is 46.1 Å². The summed E-state index contributed by atoms with van der Waals surface area (Å²) in [6, 6.07) is 12.3. The number of halogens is 1. The number of nitrogens with one attached hydrogen (secondary N) is 2. The number of carbonyl (C=O) groups is 3. The molecule has 4 aromatic rings. The molecule has 6 heterocycles. The first-order valence-electron chi connectivity index (χ1n) is 20.3. The zero-order chi connectivity index (χ0) is 39.0. The van der Waals surface area contributed by atoms with E-state index in [4.69, 9.17) is 4.98 Å². The fourth-order valence-electron chi connectivity index (χ4n) is 9.44. The fraction of sp³-hybridized carbons (Fsp3) is 0.512. The van der Waals surface area contributed by atoms with Crippen LogP contribution in [0.4, 0.5) is 21.8 Å². The van der Waals surface area contributed by atoms with E-state index in [2.05, 4.69) is 30.4 Å². The molecule has 3 aromatic heterocycles. The molecule has 1 atom stereocenters. The van der Waals surface area contributed by atoms with E-state index in [1.807, 2.05) is 42.6 Å². The molecule has 4 fully saturated rings. The molecule has 2 N–H and O–H groups in total. The number of Topliss-reactive ketones (excluding diaryl/α,β-unsaturated/α-hetero) is 1. The van der Waals surface area contributed by atoms with Crippen LogP contribution in [0.5, 0.6) is 0 Å². The van der Waals surface area contributed by atoms with Crippen molar-refractivity contribution < 1.29 is 18.8 Å². The van der Waals surface area contributed by atoms with E-state index >= 15 is 4.39 Å². The minimum atomic E-state index is -1.20. The van der Waals surface area contributed by atoms with Crippen molar-refractivity contribution in [2.24, 2.45) is 0 Å². The van der Waals surface area contributed by atoms with Crippen LogP contribution in [0.25, 0.3) is 11.0 Å². The number of imide groups is 1. The number of aromatic nitrogens is 4. The first kappa shape index (κ1) is 37.9. The number of carbonyl (C=O) groups excluding carboxylic acids is 3. The molecule has 12 nitrogen and oxygen atoms in total. The summed E-state index contributed by atoms with van der Waals surface area (Å²) in [5, 5.41) is 6.36. The summed E-state index contributed by atoms with van der Waals surface area (Å²) in [5.41, 5.74) is 2.87. The lowest BCUT2D eigenvalue weighted by Crippen LogP contribution is -2.50. The van der Waals surface area contributed by atoms with Crippen LogP contribution in [0, 0.1) is 6.92 Å². The van der Waals surface area contributed by atoms with Crippen LogP contribution in [0.2, 0.25) is 0 Å². The Balaban J connectivity index is 0.837. The highest BCUT2D eigenvalue weighted by molar-refractivity contribution is 6.01. The second-order valence-corrected chi connectivity index (χ2v) is 16.3. The lowest BCUT2D eigenvalue weighted by molar-refractivity contribution is -0.134. The van der Waals surface area contributed by atoms with Crippen molar-refractivity contribution in [3.63, 3.8) is 0 Å². The largest absolute Gasteiger partial charge is 0.370 e. The smallest absolute Gasteiger partial charge is 0.263 e. The van der Waals surface area contributed by atoms with Crippen LogP contribution in [0.1, 0.15) is 117 Å². The van der Waals surface area contributed by atoms with E-state index in [0.717, 1.165) is 81.5 Å². The Bertz CT molecular complexity index is 2180. The van der Waals surface area contributed by atoms with Gasteiger partial charge in [0.05, 0.1) is 23.4 Å². The minimum absolute atomic E-state index is 0.00965. The van der Waals surface area contributed by atoms with Crippen molar-refractivity contribution in [2.45, 2.75) is 115 Å². The molecule has 1 saturated carbocycles. The molecule has 8 rings (SSSR count). The number of fused-ring (bicyclic) bond motifs is 1. The molecular weight excluding hydrogens is 712 g/mol. The van der Waals surface area contributed by atoms with Gasteiger partial charge in [0.25, 0.3) is 5.56 Å². The van der Waals surface area contributed by atoms with Crippen LogP contribution in [0.15, 0.2) is 53.6 Å². The quantitative estimate of drug-likeness (QED) is 0.136. The molecule has 13 heteroatoms. The molecule has 1 aromatic carbocycles. The molecule has 2 amide bonds. The Morgan fingerprint density at radius 1 is 0.946 bits per heavy atom. The molecule has 0 radical (unpaired) electrons. The highest BCUT2D eigenvalue weighted by Gasteiger charge is 2.37. The van der Waals surface area contributed by atoms with Crippen molar-refractivity contribution in [1.29, 1.82) is 0 Å². The van der Waals surface area contributed by atoms with Gasteiger partial charge in [-0.25, -0.2) is 14.4 Å². The summed E-state index contributed by atoms with van der Waals surface area (Å²) in [6.45, 7) is 6.53. The molecule has 4 aliphatic rings. The molecule has 3 saturated heterocycles. The molecular formula is C43H51FN8O4. The van der Waals surface area contributed by atoms with E-state index in [-0.39, 0.29) is 40.7 Å². The maximum absolute atomic E-state index is 16.1. The number of alkyl halides is 1. The minimum Gasteiger partial charge on any atom is -0.370 e. The average Bonchev–Trinajstić information content (AvgIpc) is 3.73. The predicted octanol–water partition coefficient (Wildman–Crippen LogP) is 6.48. The Hall–Kier alpha value is -5.04. The zero-order valence-corrected chi connectivity index (χ0v) is 32.4. The zero-order valence-electron chi connectivity index (χ0n) is 32.4. The van der Waals surface area contributed by atoms with E-state index in [1.54, 1.807) is 17.7 Å². The molecule has 3 aliphatic heterocycles. The molecule has 1 aliphatic carbocycles. The van der Waals surface area contributed by atoms with E-state index in [9.17, 15) is 19.2 Å². The third kappa shape index (κ3) is 7.83. The number of aryl methyl sites for hydroxylation is 2. The third-order valence-corrected chi connectivity index (χ3v) is 12.7. The van der Waals surface area contributed by atoms with Gasteiger partial charge >= 0.3 is 0 Å². The van der Waals surface area contributed by atoms with E-state index in [0.29, 0.717) is 72.9 Å². The second kappa shape index (κ2) is 15.8. The lowest BCUT2D eigenvalue weighted by Gasteiger charge is -2.44. The van der Waals surface area contributed by atoms with Gasteiger partial charge < -0.3 is 15.1 Å². The van der Waals surface area contributed by atoms with Gasteiger partial charge in [-0.05, 0) is 100 Å². The Morgan fingerprint density at radius 2 is 1.71 bits per heavy atom. The summed E-state index contributed by atoms with van der Waals surface area (Å²) in [5.74, 6) is -0.0947. The number of hydrogen-bond acceptors (Lipinski definition) is 10. The number of piperidine rings is 3. The SMILES string of the molecule is CC(=O)c1c(C)c2cnc(Nc3ccc(N4CCC(N5CCC(F)(CCc6cccc(C7CCC(=O)NC7=O)c6)CC5)CC4)cn3)nc2n(C2CCCC2)c1=O. The fourth-order valence-corrected chi connectivity index (χ4v) is 9.44. The monoisotopic (exact) mass is 762 g/mol. The summed E-state index contributed by atoms with van der Waals surface area (Å²) in [7, 11) is 0. The summed E-state index contributed by atoms with van der Waals surface area (Å²) in [6.07, 6.45) is 12.4. The van der Waals surface area contributed by atoms with E-state index < -0.39 is 5.67 Å². The Kier molecular flexibility index (Phi) is 10.7. The van der Waals surface area contributed by atoms with Crippen LogP contribution in [-0.4, -0.2) is 79.9 Å². The number of ketones is 1. The van der Waals surface area contributed by atoms with Crippen molar-refractivity contribution in [1.82, 2.24) is 29.7 Å². The number of hydrogen-bond donors (Lipinski definition) is 2. The first-order chi connectivity index (χ1) is 27.0. The summed E-state index contributed by atoms with van der Waals surface area (Å²) < 4.78 is 17.8.